The number of methoxy groups -OCH3 is 1. The third-order valence-corrected chi connectivity index (χ3v) is 3.77. The summed E-state index contributed by atoms with van der Waals surface area (Å²) in [6, 6.07) is 1.50. The van der Waals surface area contributed by atoms with Crippen LogP contribution in [0.2, 0.25) is 0 Å². The number of rotatable bonds is 3. The van der Waals surface area contributed by atoms with Gasteiger partial charge in [0.2, 0.25) is 0 Å². The normalized spacial score (nSPS) is 12.8. The first-order valence-corrected chi connectivity index (χ1v) is 5.13. The van der Waals surface area contributed by atoms with E-state index in [9.17, 15) is 10.1 Å². The Morgan fingerprint density at radius 3 is 2.77 bits per heavy atom. The van der Waals surface area contributed by atoms with E-state index in [1.54, 1.807) is 7.11 Å². The molecule has 0 aliphatic rings. The fraction of sp³-hybridized carbons (Fsp3) is 0.429. The summed E-state index contributed by atoms with van der Waals surface area (Å²) in [5, 5.41) is 10.6. The van der Waals surface area contributed by atoms with Crippen molar-refractivity contribution in [1.82, 2.24) is 0 Å². The van der Waals surface area contributed by atoms with Crippen molar-refractivity contribution in [2.45, 2.75) is 13.0 Å². The minimum Gasteiger partial charge on any atom is -0.376 e. The van der Waals surface area contributed by atoms with Crippen LogP contribution in [0.4, 0.5) is 5.00 Å². The van der Waals surface area contributed by atoms with Crippen LogP contribution < -0.4 is 0 Å². The lowest BCUT2D eigenvalue weighted by atomic mass is 10.3. The van der Waals surface area contributed by atoms with Gasteiger partial charge in [0.05, 0.1) is 15.9 Å². The smallest absolute Gasteiger partial charge is 0.325 e. The molecule has 0 saturated heterocycles. The molecule has 0 fully saturated rings. The summed E-state index contributed by atoms with van der Waals surface area (Å²) in [6.07, 6.45) is -0.118. The van der Waals surface area contributed by atoms with E-state index in [0.29, 0.717) is 0 Å². The summed E-state index contributed by atoms with van der Waals surface area (Å²) in [6.45, 7) is 1.85. The molecule has 0 bridgehead atoms. The molecule has 1 aromatic rings. The molecule has 1 rings (SSSR count). The Kier molecular flexibility index (Phi) is 3.40. The van der Waals surface area contributed by atoms with E-state index in [2.05, 4.69) is 15.9 Å². The van der Waals surface area contributed by atoms with E-state index in [1.165, 1.54) is 6.07 Å². The Hall–Kier alpha value is -0.460. The predicted octanol–water partition coefficient (Wildman–Crippen LogP) is 3.13. The Balaban J connectivity index is 3.02. The first-order chi connectivity index (χ1) is 6.06. The van der Waals surface area contributed by atoms with Crippen molar-refractivity contribution in [3.05, 3.63) is 25.5 Å². The van der Waals surface area contributed by atoms with Gasteiger partial charge in [-0.25, -0.2) is 0 Å². The maximum absolute atomic E-state index is 10.4. The van der Waals surface area contributed by atoms with Crippen LogP contribution in [0.15, 0.2) is 10.5 Å². The van der Waals surface area contributed by atoms with E-state index in [0.717, 1.165) is 20.7 Å². The standard InChI is InChI=1S/C7H8BrNO3S/c1-4(12-2)7-5(8)3-6(13-7)9(10)11/h3-4H,1-2H3/t4-/m0/s1. The molecule has 0 aliphatic heterocycles. The molecule has 0 saturated carbocycles. The van der Waals surface area contributed by atoms with Crippen molar-refractivity contribution >= 4 is 32.3 Å². The Morgan fingerprint density at radius 2 is 2.38 bits per heavy atom. The molecular formula is C7H8BrNO3S. The molecule has 72 valence electrons. The highest BCUT2D eigenvalue weighted by Crippen LogP contribution is 2.37. The molecule has 1 aromatic heterocycles. The lowest BCUT2D eigenvalue weighted by Gasteiger charge is -2.05. The van der Waals surface area contributed by atoms with Crippen molar-refractivity contribution in [1.29, 1.82) is 0 Å². The Labute approximate surface area is 87.8 Å². The summed E-state index contributed by atoms with van der Waals surface area (Å²) in [5.74, 6) is 0. The van der Waals surface area contributed by atoms with Gasteiger partial charge in [-0.15, -0.1) is 0 Å². The highest BCUT2D eigenvalue weighted by atomic mass is 79.9. The highest BCUT2D eigenvalue weighted by molar-refractivity contribution is 9.10. The average molecular weight is 266 g/mol. The summed E-state index contributed by atoms with van der Waals surface area (Å²) in [4.78, 5) is 10.9. The van der Waals surface area contributed by atoms with E-state index in [-0.39, 0.29) is 11.1 Å². The Morgan fingerprint density at radius 1 is 1.77 bits per heavy atom. The number of hydrogen-bond donors (Lipinski definition) is 0. The largest absolute Gasteiger partial charge is 0.376 e. The number of halogens is 1. The van der Waals surface area contributed by atoms with Gasteiger partial charge in [-0.05, 0) is 22.9 Å². The van der Waals surface area contributed by atoms with Gasteiger partial charge in [-0.1, -0.05) is 11.3 Å². The van der Waals surface area contributed by atoms with Crippen LogP contribution in [-0.2, 0) is 4.74 Å². The number of nitro groups is 1. The van der Waals surface area contributed by atoms with Crippen molar-refractivity contribution in [2.24, 2.45) is 0 Å². The van der Waals surface area contributed by atoms with E-state index >= 15 is 0 Å². The quantitative estimate of drug-likeness (QED) is 0.623. The number of ether oxygens (including phenoxy) is 1. The minimum absolute atomic E-state index is 0.118. The zero-order chi connectivity index (χ0) is 10.0. The molecule has 0 radical (unpaired) electrons. The van der Waals surface area contributed by atoms with E-state index in [1.807, 2.05) is 6.92 Å². The van der Waals surface area contributed by atoms with Crippen LogP contribution in [0.3, 0.4) is 0 Å². The molecule has 4 nitrogen and oxygen atoms in total. The van der Waals surface area contributed by atoms with Crippen molar-refractivity contribution in [3.63, 3.8) is 0 Å². The second-order valence-electron chi connectivity index (χ2n) is 2.43. The van der Waals surface area contributed by atoms with Crippen molar-refractivity contribution < 1.29 is 9.66 Å². The van der Waals surface area contributed by atoms with Gasteiger partial charge in [0.15, 0.2) is 0 Å². The van der Waals surface area contributed by atoms with Crippen molar-refractivity contribution in [3.8, 4) is 0 Å². The van der Waals surface area contributed by atoms with Crippen LogP contribution in [0.1, 0.15) is 17.9 Å². The summed E-state index contributed by atoms with van der Waals surface area (Å²) in [7, 11) is 1.57. The molecule has 0 aromatic carbocycles. The zero-order valence-corrected chi connectivity index (χ0v) is 9.52. The average Bonchev–Trinajstić information content (AvgIpc) is 2.46. The van der Waals surface area contributed by atoms with Gasteiger partial charge >= 0.3 is 5.00 Å². The van der Waals surface area contributed by atoms with Gasteiger partial charge < -0.3 is 4.74 Å². The minimum atomic E-state index is -0.401. The predicted molar refractivity (Wildman–Crippen MR) is 54.1 cm³/mol. The first kappa shape index (κ1) is 10.6. The molecule has 0 unspecified atom stereocenters. The fourth-order valence-corrected chi connectivity index (χ4v) is 2.67. The molecule has 0 amide bonds. The second-order valence-corrected chi connectivity index (χ2v) is 4.35. The first-order valence-electron chi connectivity index (χ1n) is 3.52. The maximum Gasteiger partial charge on any atom is 0.325 e. The van der Waals surface area contributed by atoms with Crippen LogP contribution in [0.25, 0.3) is 0 Å². The molecule has 0 aliphatic carbocycles. The third-order valence-electron chi connectivity index (χ3n) is 1.60. The molecule has 6 heteroatoms. The SMILES string of the molecule is CO[C@@H](C)c1sc([N+](=O)[O-])cc1Br. The summed E-state index contributed by atoms with van der Waals surface area (Å²) >= 11 is 4.38. The van der Waals surface area contributed by atoms with Crippen LogP contribution in [0.5, 0.6) is 0 Å². The number of hydrogen-bond acceptors (Lipinski definition) is 4. The molecule has 1 atom stereocenters. The van der Waals surface area contributed by atoms with Gasteiger partial charge in [-0.3, -0.25) is 10.1 Å². The zero-order valence-electron chi connectivity index (χ0n) is 7.11. The molecule has 0 spiro atoms. The lowest BCUT2D eigenvalue weighted by Crippen LogP contribution is -1.92. The van der Waals surface area contributed by atoms with Gasteiger partial charge in [-0.2, -0.15) is 0 Å². The summed E-state index contributed by atoms with van der Waals surface area (Å²) in [5.41, 5.74) is 0. The maximum atomic E-state index is 10.4. The fourth-order valence-electron chi connectivity index (χ4n) is 0.845. The molecular weight excluding hydrogens is 258 g/mol. The van der Waals surface area contributed by atoms with Gasteiger partial charge in [0.25, 0.3) is 0 Å². The van der Waals surface area contributed by atoms with E-state index < -0.39 is 4.92 Å². The van der Waals surface area contributed by atoms with E-state index in [4.69, 9.17) is 4.74 Å². The lowest BCUT2D eigenvalue weighted by molar-refractivity contribution is -0.380. The van der Waals surface area contributed by atoms with Crippen LogP contribution >= 0.6 is 27.3 Å². The third kappa shape index (κ3) is 2.26. The molecule has 1 heterocycles. The van der Waals surface area contributed by atoms with Crippen LogP contribution in [-0.4, -0.2) is 12.0 Å². The number of nitrogens with zero attached hydrogens (tertiary/aromatic N) is 1. The second kappa shape index (κ2) is 4.17. The Bertz CT molecular complexity index is 326. The topological polar surface area (TPSA) is 52.4 Å². The van der Waals surface area contributed by atoms with Crippen LogP contribution in [0, 0.1) is 10.1 Å². The summed E-state index contributed by atoms with van der Waals surface area (Å²) < 4.78 is 5.80. The highest BCUT2D eigenvalue weighted by Gasteiger charge is 2.18. The number of thiophene rings is 1. The monoisotopic (exact) mass is 265 g/mol. The van der Waals surface area contributed by atoms with Crippen molar-refractivity contribution in [2.75, 3.05) is 7.11 Å². The van der Waals surface area contributed by atoms with Gasteiger partial charge in [0, 0.05) is 17.6 Å². The van der Waals surface area contributed by atoms with Gasteiger partial charge in [0.1, 0.15) is 0 Å². The molecule has 0 N–H and O–H groups in total. The molecule has 13 heavy (non-hydrogen) atoms.